The maximum absolute atomic E-state index is 9.86. The second-order valence-electron chi connectivity index (χ2n) is 7.57. The van der Waals surface area contributed by atoms with Gasteiger partial charge in [-0.25, -0.2) is 0 Å². The lowest BCUT2D eigenvalue weighted by molar-refractivity contribution is 0.0251. The van der Waals surface area contributed by atoms with Crippen molar-refractivity contribution < 1.29 is 4.74 Å². The molecule has 0 heterocycles. The summed E-state index contributed by atoms with van der Waals surface area (Å²) in [6.45, 7) is 5.08. The fourth-order valence-electron chi connectivity index (χ4n) is 4.18. The first kappa shape index (κ1) is 20.1. The van der Waals surface area contributed by atoms with Gasteiger partial charge in [0.25, 0.3) is 0 Å². The van der Waals surface area contributed by atoms with Crippen LogP contribution in [-0.2, 0) is 11.2 Å². The van der Waals surface area contributed by atoms with Crippen LogP contribution in [0.1, 0.15) is 74.1 Å². The third-order valence-corrected chi connectivity index (χ3v) is 5.81. The molecule has 0 saturated heterocycles. The summed E-state index contributed by atoms with van der Waals surface area (Å²) in [4.78, 5) is 0. The first-order valence-corrected chi connectivity index (χ1v) is 10.4. The standard InChI is InChI=1S/C25H28N2O/c1-3-15-28-21-11-9-20(10-12-21)23-14-13-22(24(16-26)25(23)17-27)19-7-5-18(4-2)6-8-19/h5-8,13-14,20-21H,3-4,9-12,15H2,1-2H3. The molecule has 0 N–H and O–H groups in total. The lowest BCUT2D eigenvalue weighted by Gasteiger charge is -2.29. The molecule has 3 rings (SSSR count). The molecule has 1 aliphatic carbocycles. The first-order chi connectivity index (χ1) is 13.7. The van der Waals surface area contributed by atoms with Crippen molar-refractivity contribution in [3.63, 3.8) is 0 Å². The number of nitriles is 2. The van der Waals surface area contributed by atoms with Crippen LogP contribution in [0.25, 0.3) is 11.1 Å². The van der Waals surface area contributed by atoms with E-state index in [1.165, 1.54) is 5.56 Å². The van der Waals surface area contributed by atoms with Gasteiger partial charge in [-0.05, 0) is 61.1 Å². The summed E-state index contributed by atoms with van der Waals surface area (Å²) in [6, 6.07) is 17.0. The van der Waals surface area contributed by atoms with Gasteiger partial charge >= 0.3 is 0 Å². The van der Waals surface area contributed by atoms with Crippen LogP contribution < -0.4 is 0 Å². The summed E-state index contributed by atoms with van der Waals surface area (Å²) in [7, 11) is 0. The molecule has 0 atom stereocenters. The van der Waals surface area contributed by atoms with Crippen LogP contribution in [0.15, 0.2) is 36.4 Å². The summed E-state index contributed by atoms with van der Waals surface area (Å²) in [6.07, 6.45) is 6.45. The minimum Gasteiger partial charge on any atom is -0.378 e. The van der Waals surface area contributed by atoms with E-state index >= 15 is 0 Å². The normalized spacial score (nSPS) is 19.0. The van der Waals surface area contributed by atoms with Gasteiger partial charge in [-0.1, -0.05) is 50.2 Å². The number of ether oxygens (including phenoxy) is 1. The molecular formula is C25H28N2O. The van der Waals surface area contributed by atoms with Crippen LogP contribution in [0.2, 0.25) is 0 Å². The van der Waals surface area contributed by atoms with Gasteiger partial charge in [-0.2, -0.15) is 10.5 Å². The van der Waals surface area contributed by atoms with Gasteiger partial charge < -0.3 is 4.74 Å². The Morgan fingerprint density at radius 1 is 0.893 bits per heavy atom. The molecule has 0 amide bonds. The minimum atomic E-state index is 0.333. The van der Waals surface area contributed by atoms with Crippen LogP contribution in [0.3, 0.4) is 0 Å². The summed E-state index contributed by atoms with van der Waals surface area (Å²) >= 11 is 0. The molecule has 0 bridgehead atoms. The third kappa shape index (κ3) is 4.27. The van der Waals surface area contributed by atoms with Crippen molar-refractivity contribution in [2.75, 3.05) is 6.61 Å². The van der Waals surface area contributed by atoms with E-state index in [9.17, 15) is 10.5 Å². The molecule has 28 heavy (non-hydrogen) atoms. The molecule has 3 heteroatoms. The van der Waals surface area contributed by atoms with E-state index in [0.29, 0.717) is 23.1 Å². The molecule has 0 aliphatic heterocycles. The second-order valence-corrected chi connectivity index (χ2v) is 7.57. The Balaban J connectivity index is 1.88. The highest BCUT2D eigenvalue weighted by atomic mass is 16.5. The zero-order valence-corrected chi connectivity index (χ0v) is 16.9. The van der Waals surface area contributed by atoms with Crippen molar-refractivity contribution in [3.8, 4) is 23.3 Å². The molecule has 0 radical (unpaired) electrons. The van der Waals surface area contributed by atoms with Gasteiger partial charge in [0.2, 0.25) is 0 Å². The molecule has 2 aromatic rings. The van der Waals surface area contributed by atoms with Crippen LogP contribution in [0, 0.1) is 22.7 Å². The third-order valence-electron chi connectivity index (χ3n) is 5.81. The van der Waals surface area contributed by atoms with Gasteiger partial charge in [0.05, 0.1) is 17.2 Å². The van der Waals surface area contributed by atoms with Crippen molar-refractivity contribution in [1.82, 2.24) is 0 Å². The lowest BCUT2D eigenvalue weighted by atomic mass is 9.79. The van der Waals surface area contributed by atoms with E-state index in [1.807, 2.05) is 18.2 Å². The Morgan fingerprint density at radius 3 is 2.14 bits per heavy atom. The van der Waals surface area contributed by atoms with E-state index in [2.05, 4.69) is 44.2 Å². The van der Waals surface area contributed by atoms with Gasteiger partial charge in [0.1, 0.15) is 12.1 Å². The number of aryl methyl sites for hydroxylation is 1. The smallest absolute Gasteiger partial charge is 0.101 e. The predicted molar refractivity (Wildman–Crippen MR) is 112 cm³/mol. The largest absolute Gasteiger partial charge is 0.378 e. The second kappa shape index (κ2) is 9.54. The quantitative estimate of drug-likeness (QED) is 0.614. The van der Waals surface area contributed by atoms with E-state index < -0.39 is 0 Å². The highest BCUT2D eigenvalue weighted by Crippen LogP contribution is 2.38. The first-order valence-electron chi connectivity index (χ1n) is 10.4. The van der Waals surface area contributed by atoms with Crippen molar-refractivity contribution in [3.05, 3.63) is 58.7 Å². The average Bonchev–Trinajstić information content (AvgIpc) is 2.77. The predicted octanol–water partition coefficient (Wildman–Crippen LogP) is 6.11. The molecule has 0 unspecified atom stereocenters. The maximum atomic E-state index is 9.86. The highest BCUT2D eigenvalue weighted by molar-refractivity contribution is 5.75. The molecule has 3 nitrogen and oxygen atoms in total. The van der Waals surface area contributed by atoms with Crippen molar-refractivity contribution in [2.24, 2.45) is 0 Å². The highest BCUT2D eigenvalue weighted by Gasteiger charge is 2.26. The van der Waals surface area contributed by atoms with Gasteiger partial charge in [0.15, 0.2) is 0 Å². The van der Waals surface area contributed by atoms with Crippen LogP contribution in [-0.4, -0.2) is 12.7 Å². The minimum absolute atomic E-state index is 0.333. The Kier molecular flexibility index (Phi) is 6.85. The van der Waals surface area contributed by atoms with Crippen molar-refractivity contribution in [2.45, 2.75) is 64.4 Å². The molecule has 0 aromatic heterocycles. The fourth-order valence-corrected chi connectivity index (χ4v) is 4.18. The van der Waals surface area contributed by atoms with Crippen molar-refractivity contribution >= 4 is 0 Å². The van der Waals surface area contributed by atoms with Gasteiger partial charge in [-0.15, -0.1) is 0 Å². The van der Waals surface area contributed by atoms with Crippen molar-refractivity contribution in [1.29, 1.82) is 10.5 Å². The Hall–Kier alpha value is -2.62. The number of nitrogens with zero attached hydrogens (tertiary/aromatic N) is 2. The number of hydrogen-bond donors (Lipinski definition) is 0. The summed E-state index contributed by atoms with van der Waals surface area (Å²) < 4.78 is 5.90. The topological polar surface area (TPSA) is 56.8 Å². The molecule has 1 fully saturated rings. The van der Waals surface area contributed by atoms with Crippen LogP contribution in [0.4, 0.5) is 0 Å². The maximum Gasteiger partial charge on any atom is 0.101 e. The molecular weight excluding hydrogens is 344 g/mol. The molecule has 144 valence electrons. The summed E-state index contributed by atoms with van der Waals surface area (Å²) in [5, 5.41) is 19.7. The number of rotatable bonds is 6. The van der Waals surface area contributed by atoms with E-state index in [0.717, 1.165) is 61.8 Å². The molecule has 1 aliphatic rings. The Labute approximate surface area is 168 Å². The average molecular weight is 373 g/mol. The van der Waals surface area contributed by atoms with Crippen LogP contribution >= 0.6 is 0 Å². The fraction of sp³-hybridized carbons (Fsp3) is 0.440. The van der Waals surface area contributed by atoms with Gasteiger partial charge in [-0.3, -0.25) is 0 Å². The summed E-state index contributed by atoms with van der Waals surface area (Å²) in [5.41, 5.74) is 5.20. The molecule has 0 spiro atoms. The lowest BCUT2D eigenvalue weighted by Crippen LogP contribution is -2.21. The Morgan fingerprint density at radius 2 is 1.57 bits per heavy atom. The summed E-state index contributed by atoms with van der Waals surface area (Å²) in [5.74, 6) is 0.333. The van der Waals surface area contributed by atoms with E-state index in [-0.39, 0.29) is 0 Å². The van der Waals surface area contributed by atoms with Gasteiger partial charge in [0, 0.05) is 12.2 Å². The number of benzene rings is 2. The molecule has 2 aromatic carbocycles. The Bertz CT molecular complexity index is 878. The SMILES string of the molecule is CCCOC1CCC(c2ccc(-c3ccc(CC)cc3)c(C#N)c2C#N)CC1. The number of hydrogen-bond acceptors (Lipinski definition) is 3. The monoisotopic (exact) mass is 372 g/mol. The van der Waals surface area contributed by atoms with E-state index in [1.54, 1.807) is 0 Å². The van der Waals surface area contributed by atoms with E-state index in [4.69, 9.17) is 4.74 Å². The zero-order valence-electron chi connectivity index (χ0n) is 16.9. The molecule has 1 saturated carbocycles. The van der Waals surface area contributed by atoms with Crippen LogP contribution in [0.5, 0.6) is 0 Å². The zero-order chi connectivity index (χ0) is 19.9.